The number of aryl methyl sites for hydroxylation is 1. The molecule has 1 aliphatic heterocycles. The van der Waals surface area contributed by atoms with Gasteiger partial charge in [0, 0.05) is 0 Å². The third-order valence-corrected chi connectivity index (χ3v) is 2.68. The second kappa shape index (κ2) is 5.64. The van der Waals surface area contributed by atoms with Gasteiger partial charge in [-0.25, -0.2) is 0 Å². The Morgan fingerprint density at radius 1 is 1.19 bits per heavy atom. The van der Waals surface area contributed by atoms with E-state index in [1.165, 1.54) is 5.56 Å². The minimum Gasteiger partial charge on any atom is -0.350 e. The van der Waals surface area contributed by atoms with E-state index in [4.69, 9.17) is 14.7 Å². The highest BCUT2D eigenvalue weighted by molar-refractivity contribution is 5.31. The van der Waals surface area contributed by atoms with Crippen molar-refractivity contribution in [3.63, 3.8) is 0 Å². The van der Waals surface area contributed by atoms with Gasteiger partial charge in [-0.05, 0) is 37.0 Å². The summed E-state index contributed by atoms with van der Waals surface area (Å²) in [6.45, 7) is 1.45. The van der Waals surface area contributed by atoms with Crippen molar-refractivity contribution in [1.29, 1.82) is 5.26 Å². The summed E-state index contributed by atoms with van der Waals surface area (Å²) >= 11 is 0. The minimum absolute atomic E-state index is 0.00150. The maximum atomic E-state index is 8.67. The predicted molar refractivity (Wildman–Crippen MR) is 59.8 cm³/mol. The average molecular weight is 217 g/mol. The molecule has 1 aliphatic rings. The molecule has 1 aromatic rings. The maximum Gasteiger partial charge on any atom is 0.157 e. The van der Waals surface area contributed by atoms with Crippen molar-refractivity contribution < 1.29 is 9.47 Å². The molecule has 0 N–H and O–H groups in total. The van der Waals surface area contributed by atoms with Crippen molar-refractivity contribution in [2.75, 3.05) is 13.2 Å². The molecule has 0 bridgehead atoms. The molecular weight excluding hydrogens is 202 g/mol. The van der Waals surface area contributed by atoms with Crippen LogP contribution in [0.4, 0.5) is 0 Å². The summed E-state index contributed by atoms with van der Waals surface area (Å²) in [5, 5.41) is 8.67. The van der Waals surface area contributed by atoms with E-state index in [-0.39, 0.29) is 6.29 Å². The average Bonchev–Trinajstić information content (AvgIpc) is 2.83. The molecule has 0 aliphatic carbocycles. The second-order valence-electron chi connectivity index (χ2n) is 3.87. The fourth-order valence-corrected chi connectivity index (χ4v) is 1.79. The van der Waals surface area contributed by atoms with Crippen LogP contribution in [0.25, 0.3) is 0 Å². The number of ether oxygens (including phenoxy) is 2. The van der Waals surface area contributed by atoms with Gasteiger partial charge in [-0.3, -0.25) is 0 Å². The Morgan fingerprint density at radius 3 is 2.50 bits per heavy atom. The van der Waals surface area contributed by atoms with Crippen LogP contribution in [-0.4, -0.2) is 19.5 Å². The monoisotopic (exact) mass is 217 g/mol. The van der Waals surface area contributed by atoms with Gasteiger partial charge in [-0.1, -0.05) is 12.1 Å². The summed E-state index contributed by atoms with van der Waals surface area (Å²) in [4.78, 5) is 0. The van der Waals surface area contributed by atoms with Gasteiger partial charge in [0.1, 0.15) is 0 Å². The molecule has 0 saturated carbocycles. The van der Waals surface area contributed by atoms with Gasteiger partial charge in [0.25, 0.3) is 0 Å². The van der Waals surface area contributed by atoms with Crippen LogP contribution in [0.3, 0.4) is 0 Å². The molecule has 0 atom stereocenters. The van der Waals surface area contributed by atoms with E-state index in [1.54, 1.807) is 0 Å². The Balaban J connectivity index is 1.74. The van der Waals surface area contributed by atoms with Gasteiger partial charge in [0.2, 0.25) is 0 Å². The van der Waals surface area contributed by atoms with Crippen LogP contribution in [0.1, 0.15) is 24.0 Å². The zero-order valence-corrected chi connectivity index (χ0v) is 9.19. The van der Waals surface area contributed by atoms with E-state index in [9.17, 15) is 0 Å². The van der Waals surface area contributed by atoms with E-state index in [0.717, 1.165) is 32.5 Å². The van der Waals surface area contributed by atoms with Crippen LogP contribution < -0.4 is 0 Å². The first-order chi connectivity index (χ1) is 7.88. The molecule has 0 unspecified atom stereocenters. The van der Waals surface area contributed by atoms with Gasteiger partial charge < -0.3 is 9.47 Å². The summed E-state index contributed by atoms with van der Waals surface area (Å²) in [6, 6.07) is 9.85. The lowest BCUT2D eigenvalue weighted by atomic mass is 10.1. The van der Waals surface area contributed by atoms with Crippen molar-refractivity contribution in [3.8, 4) is 6.07 Å². The molecule has 0 radical (unpaired) electrons. The fraction of sp³-hybridized carbons (Fsp3) is 0.462. The van der Waals surface area contributed by atoms with Crippen LogP contribution in [0.2, 0.25) is 0 Å². The molecule has 0 amide bonds. The minimum atomic E-state index is -0.00150. The van der Waals surface area contributed by atoms with E-state index in [2.05, 4.69) is 6.07 Å². The summed E-state index contributed by atoms with van der Waals surface area (Å²) in [6.07, 6.45) is 3.00. The second-order valence-corrected chi connectivity index (χ2v) is 3.87. The van der Waals surface area contributed by atoms with Crippen molar-refractivity contribution in [2.45, 2.75) is 25.6 Å². The van der Waals surface area contributed by atoms with Crippen molar-refractivity contribution in [2.24, 2.45) is 0 Å². The normalized spacial score (nSPS) is 16.2. The van der Waals surface area contributed by atoms with Crippen molar-refractivity contribution in [1.82, 2.24) is 0 Å². The summed E-state index contributed by atoms with van der Waals surface area (Å²) in [5.41, 5.74) is 1.98. The predicted octanol–water partition coefficient (Wildman–Crippen LogP) is 2.25. The van der Waals surface area contributed by atoms with Crippen LogP contribution >= 0.6 is 0 Å². The Bertz CT molecular complexity index is 361. The van der Waals surface area contributed by atoms with Crippen LogP contribution in [0.5, 0.6) is 0 Å². The Labute approximate surface area is 95.6 Å². The zero-order valence-electron chi connectivity index (χ0n) is 9.19. The standard InChI is InChI=1S/C13H15NO2/c14-10-12-6-4-11(5-7-12)2-1-3-13-15-8-9-16-13/h4-7,13H,1-3,8-9H2. The molecule has 3 heteroatoms. The van der Waals surface area contributed by atoms with Gasteiger partial charge >= 0.3 is 0 Å². The Hall–Kier alpha value is -1.37. The molecular formula is C13H15NO2. The van der Waals surface area contributed by atoms with Crippen LogP contribution in [-0.2, 0) is 15.9 Å². The SMILES string of the molecule is N#Cc1ccc(CCCC2OCCO2)cc1. The highest BCUT2D eigenvalue weighted by atomic mass is 16.7. The van der Waals surface area contributed by atoms with E-state index < -0.39 is 0 Å². The number of hydrogen-bond acceptors (Lipinski definition) is 3. The smallest absolute Gasteiger partial charge is 0.157 e. The van der Waals surface area contributed by atoms with Crippen LogP contribution in [0, 0.1) is 11.3 Å². The molecule has 84 valence electrons. The lowest BCUT2D eigenvalue weighted by Gasteiger charge is -2.08. The highest BCUT2D eigenvalue weighted by Gasteiger charge is 2.14. The third kappa shape index (κ3) is 3.06. The molecule has 0 spiro atoms. The first-order valence-electron chi connectivity index (χ1n) is 5.61. The molecule has 1 heterocycles. The molecule has 0 aromatic heterocycles. The first kappa shape index (κ1) is 11.1. The summed E-state index contributed by atoms with van der Waals surface area (Å²) in [7, 11) is 0. The number of benzene rings is 1. The van der Waals surface area contributed by atoms with E-state index in [0.29, 0.717) is 5.56 Å². The van der Waals surface area contributed by atoms with E-state index >= 15 is 0 Å². The first-order valence-corrected chi connectivity index (χ1v) is 5.61. The molecule has 3 nitrogen and oxygen atoms in total. The fourth-order valence-electron chi connectivity index (χ4n) is 1.79. The highest BCUT2D eigenvalue weighted by Crippen LogP contribution is 2.13. The number of hydrogen-bond donors (Lipinski definition) is 0. The summed E-state index contributed by atoms with van der Waals surface area (Å²) in [5.74, 6) is 0. The summed E-state index contributed by atoms with van der Waals surface area (Å²) < 4.78 is 10.7. The molecule has 2 rings (SSSR count). The number of nitriles is 1. The lowest BCUT2D eigenvalue weighted by molar-refractivity contribution is -0.0475. The molecule has 1 saturated heterocycles. The lowest BCUT2D eigenvalue weighted by Crippen LogP contribution is -2.07. The largest absolute Gasteiger partial charge is 0.350 e. The number of nitrogens with zero attached hydrogens (tertiary/aromatic N) is 1. The van der Waals surface area contributed by atoms with Gasteiger partial charge in [-0.2, -0.15) is 5.26 Å². The maximum absolute atomic E-state index is 8.67. The molecule has 1 aromatic carbocycles. The van der Waals surface area contributed by atoms with Crippen LogP contribution in [0.15, 0.2) is 24.3 Å². The topological polar surface area (TPSA) is 42.2 Å². The van der Waals surface area contributed by atoms with Crippen molar-refractivity contribution in [3.05, 3.63) is 35.4 Å². The third-order valence-electron chi connectivity index (χ3n) is 2.68. The van der Waals surface area contributed by atoms with Gasteiger partial charge in [0.05, 0.1) is 24.8 Å². The van der Waals surface area contributed by atoms with Gasteiger partial charge in [0.15, 0.2) is 6.29 Å². The zero-order chi connectivity index (χ0) is 11.2. The molecule has 16 heavy (non-hydrogen) atoms. The van der Waals surface area contributed by atoms with Crippen molar-refractivity contribution >= 4 is 0 Å². The van der Waals surface area contributed by atoms with E-state index in [1.807, 2.05) is 24.3 Å². The van der Waals surface area contributed by atoms with Gasteiger partial charge in [-0.15, -0.1) is 0 Å². The Morgan fingerprint density at radius 2 is 1.88 bits per heavy atom. The number of rotatable bonds is 4. The molecule has 1 fully saturated rings. The Kier molecular flexibility index (Phi) is 3.92. The quantitative estimate of drug-likeness (QED) is 0.776.